The zero-order valence-electron chi connectivity index (χ0n) is 26.9. The highest BCUT2D eigenvalue weighted by Crippen LogP contribution is 2.37. The highest BCUT2D eigenvalue weighted by molar-refractivity contribution is 7.99. The van der Waals surface area contributed by atoms with Gasteiger partial charge >= 0.3 is 5.97 Å². The topological polar surface area (TPSA) is 75.4 Å². The molecule has 0 fully saturated rings. The summed E-state index contributed by atoms with van der Waals surface area (Å²) in [7, 11) is 0. The second kappa shape index (κ2) is 15.3. The molecule has 0 aliphatic rings. The number of fused-ring (bicyclic) bond motifs is 1. The molecule has 0 saturated heterocycles. The van der Waals surface area contributed by atoms with Crippen LogP contribution in [-0.4, -0.2) is 50.3 Å². The molecule has 0 saturated carbocycles. The number of nitrogens with zero attached hydrogens (tertiary/aromatic N) is 3. The molecule has 6 nitrogen and oxygen atoms in total. The smallest absolute Gasteiger partial charge is 0.327 e. The van der Waals surface area contributed by atoms with Gasteiger partial charge in [0.25, 0.3) is 0 Å². The van der Waals surface area contributed by atoms with E-state index < -0.39 is 17.4 Å². The normalized spacial score (nSPS) is 12.3. The Bertz CT molecular complexity index is 1680. The van der Waals surface area contributed by atoms with Crippen molar-refractivity contribution in [1.29, 1.82) is 0 Å². The van der Waals surface area contributed by atoms with Crippen LogP contribution in [-0.2, 0) is 16.0 Å². The molecule has 0 spiro atoms. The number of para-hydroxylation sites is 2. The average molecular weight is 634 g/mol. The molecule has 7 heteroatoms. The van der Waals surface area contributed by atoms with E-state index in [2.05, 4.69) is 36.4 Å². The van der Waals surface area contributed by atoms with Crippen LogP contribution in [0.25, 0.3) is 11.0 Å². The lowest BCUT2D eigenvalue weighted by atomic mass is 9.86. The number of carboxylic acids is 1. The first-order valence-electron chi connectivity index (χ1n) is 16.0. The average Bonchev–Trinajstić information content (AvgIpc) is 3.41. The summed E-state index contributed by atoms with van der Waals surface area (Å²) >= 11 is 1.56. The highest BCUT2D eigenvalue weighted by Gasteiger charge is 2.36. The van der Waals surface area contributed by atoms with E-state index in [-0.39, 0.29) is 11.8 Å². The monoisotopic (exact) mass is 633 g/mol. The van der Waals surface area contributed by atoms with Crippen molar-refractivity contribution in [2.45, 2.75) is 57.1 Å². The molecule has 1 aromatic heterocycles. The van der Waals surface area contributed by atoms with Gasteiger partial charge in [0.15, 0.2) is 5.16 Å². The molecule has 5 aromatic rings. The fraction of sp³-hybridized carbons (Fsp3) is 0.308. The van der Waals surface area contributed by atoms with Crippen LogP contribution < -0.4 is 0 Å². The van der Waals surface area contributed by atoms with Gasteiger partial charge in [0.05, 0.1) is 11.0 Å². The molecule has 1 unspecified atom stereocenters. The predicted octanol–water partition coefficient (Wildman–Crippen LogP) is 8.48. The standard InChI is InChI=1S/C39H43N3O3S/c1-39(2,3)36(37(44)45)42-34-23-14-13-22-33(34)40-38(42)46-27-15-25-41(26-24-29-16-7-4-8-17-29)35(43)28-32(30-18-9-5-10-19-30)31-20-11-6-12-21-31/h4-14,16-23,32,36H,15,24-28H2,1-3H3,(H,44,45). The van der Waals surface area contributed by atoms with E-state index in [1.165, 1.54) is 5.56 Å². The van der Waals surface area contributed by atoms with Gasteiger partial charge in [-0.1, -0.05) is 136 Å². The number of carbonyl (C=O) groups is 2. The highest BCUT2D eigenvalue weighted by atomic mass is 32.2. The van der Waals surface area contributed by atoms with Crippen molar-refractivity contribution in [3.63, 3.8) is 0 Å². The van der Waals surface area contributed by atoms with Crippen molar-refractivity contribution in [2.24, 2.45) is 5.41 Å². The molecule has 0 aliphatic carbocycles. The Balaban J connectivity index is 1.33. The Labute approximate surface area is 276 Å². The maximum absolute atomic E-state index is 14.1. The summed E-state index contributed by atoms with van der Waals surface area (Å²) in [6.45, 7) is 7.08. The molecular weight excluding hydrogens is 591 g/mol. The maximum Gasteiger partial charge on any atom is 0.327 e. The Kier molecular flexibility index (Phi) is 11.0. The fourth-order valence-electron chi connectivity index (χ4n) is 6.03. The van der Waals surface area contributed by atoms with Crippen LogP contribution in [0.1, 0.15) is 62.3 Å². The molecular formula is C39H43N3O3S. The number of aliphatic carboxylic acids is 1. The molecule has 1 heterocycles. The number of carboxylic acid groups (broad SMARTS) is 1. The van der Waals surface area contributed by atoms with Crippen molar-refractivity contribution in [3.8, 4) is 0 Å². The number of hydrogen-bond acceptors (Lipinski definition) is 4. The summed E-state index contributed by atoms with van der Waals surface area (Å²) in [5, 5.41) is 11.0. The lowest BCUT2D eigenvalue weighted by Crippen LogP contribution is -2.35. The minimum atomic E-state index is -0.874. The molecule has 0 aliphatic heterocycles. The number of benzene rings is 4. The molecule has 4 aromatic carbocycles. The van der Waals surface area contributed by atoms with Crippen molar-refractivity contribution < 1.29 is 14.7 Å². The van der Waals surface area contributed by atoms with Crippen LogP contribution in [0.15, 0.2) is 120 Å². The minimum Gasteiger partial charge on any atom is -0.480 e. The summed E-state index contributed by atoms with van der Waals surface area (Å²) in [6.07, 6.45) is 1.92. The van der Waals surface area contributed by atoms with Crippen molar-refractivity contribution in [2.75, 3.05) is 18.8 Å². The molecule has 1 amide bonds. The summed E-state index contributed by atoms with van der Waals surface area (Å²) in [5.74, 6) is -0.0738. The van der Waals surface area contributed by atoms with E-state index in [0.29, 0.717) is 30.4 Å². The fourth-order valence-corrected chi connectivity index (χ4v) is 6.99. The van der Waals surface area contributed by atoms with Crippen LogP contribution in [0.2, 0.25) is 0 Å². The predicted molar refractivity (Wildman–Crippen MR) is 187 cm³/mol. The Morgan fingerprint density at radius 2 is 1.37 bits per heavy atom. The minimum absolute atomic E-state index is 0.0336. The largest absolute Gasteiger partial charge is 0.480 e. The second-order valence-corrected chi connectivity index (χ2v) is 13.8. The van der Waals surface area contributed by atoms with Crippen molar-refractivity contribution >= 4 is 34.7 Å². The Hall–Kier alpha value is -4.36. The number of amides is 1. The maximum atomic E-state index is 14.1. The van der Waals surface area contributed by atoms with Crippen LogP contribution in [0.3, 0.4) is 0 Å². The van der Waals surface area contributed by atoms with Gasteiger partial charge in [-0.05, 0) is 47.1 Å². The first-order valence-corrected chi connectivity index (χ1v) is 16.9. The van der Waals surface area contributed by atoms with Gasteiger partial charge in [0.2, 0.25) is 5.91 Å². The van der Waals surface area contributed by atoms with Gasteiger partial charge in [0.1, 0.15) is 6.04 Å². The van der Waals surface area contributed by atoms with Crippen LogP contribution in [0.4, 0.5) is 0 Å². The van der Waals surface area contributed by atoms with Gasteiger partial charge in [-0.3, -0.25) is 4.79 Å². The lowest BCUT2D eigenvalue weighted by molar-refractivity contribution is -0.144. The number of aromatic nitrogens is 2. The molecule has 5 rings (SSSR count). The number of imidazole rings is 1. The van der Waals surface area contributed by atoms with E-state index in [1.807, 2.05) is 109 Å². The lowest BCUT2D eigenvalue weighted by Gasteiger charge is -2.30. The molecule has 1 N–H and O–H groups in total. The SMILES string of the molecule is CC(C)(C)C(C(=O)O)n1c(SCCCN(CCc2ccccc2)C(=O)CC(c2ccccc2)c2ccccc2)nc2ccccc21. The zero-order valence-corrected chi connectivity index (χ0v) is 27.7. The molecule has 1 atom stereocenters. The number of carbonyl (C=O) groups excluding carboxylic acids is 1. The van der Waals surface area contributed by atoms with Crippen LogP contribution in [0.5, 0.6) is 0 Å². The van der Waals surface area contributed by atoms with Gasteiger partial charge in [-0.25, -0.2) is 9.78 Å². The first kappa shape index (κ1) is 33.0. The Morgan fingerprint density at radius 1 is 0.804 bits per heavy atom. The molecule has 46 heavy (non-hydrogen) atoms. The van der Waals surface area contributed by atoms with Gasteiger partial charge in [0, 0.05) is 31.2 Å². The Morgan fingerprint density at radius 3 is 1.96 bits per heavy atom. The van der Waals surface area contributed by atoms with E-state index in [1.54, 1.807) is 11.8 Å². The first-order chi connectivity index (χ1) is 22.2. The van der Waals surface area contributed by atoms with E-state index in [4.69, 9.17) is 4.98 Å². The molecule has 238 valence electrons. The van der Waals surface area contributed by atoms with Crippen molar-refractivity contribution in [1.82, 2.24) is 14.5 Å². The number of rotatable bonds is 14. The quantitative estimate of drug-likeness (QED) is 0.0981. The third-order valence-electron chi connectivity index (χ3n) is 8.33. The third-order valence-corrected chi connectivity index (χ3v) is 9.37. The van der Waals surface area contributed by atoms with E-state index >= 15 is 0 Å². The zero-order chi connectivity index (χ0) is 32.5. The van der Waals surface area contributed by atoms with Gasteiger partial charge in [-0.2, -0.15) is 0 Å². The van der Waals surface area contributed by atoms with Gasteiger partial charge < -0.3 is 14.6 Å². The van der Waals surface area contributed by atoms with E-state index in [9.17, 15) is 14.7 Å². The van der Waals surface area contributed by atoms with E-state index in [0.717, 1.165) is 35.0 Å². The van der Waals surface area contributed by atoms with Crippen LogP contribution in [0, 0.1) is 5.41 Å². The molecule has 0 bridgehead atoms. The third kappa shape index (κ3) is 8.26. The summed E-state index contributed by atoms with van der Waals surface area (Å²) in [5.41, 5.74) is 4.55. The number of thioether (sulfide) groups is 1. The second-order valence-electron chi connectivity index (χ2n) is 12.8. The molecule has 0 radical (unpaired) electrons. The van der Waals surface area contributed by atoms with Gasteiger partial charge in [-0.15, -0.1) is 0 Å². The van der Waals surface area contributed by atoms with Crippen molar-refractivity contribution in [3.05, 3.63) is 132 Å². The summed E-state index contributed by atoms with van der Waals surface area (Å²) < 4.78 is 1.88. The summed E-state index contributed by atoms with van der Waals surface area (Å²) in [4.78, 5) is 33.4. The number of hydrogen-bond donors (Lipinski definition) is 1. The van der Waals surface area contributed by atoms with Crippen LogP contribution >= 0.6 is 11.8 Å². The summed E-state index contributed by atoms with van der Waals surface area (Å²) in [6, 6.07) is 37.8.